The Hall–Kier alpha value is -2.66. The molecule has 0 aliphatic carbocycles. The van der Waals surface area contributed by atoms with E-state index in [2.05, 4.69) is 14.1 Å². The Morgan fingerprint density at radius 2 is 2.17 bits per heavy atom. The number of hydrogen-bond donors (Lipinski definition) is 2. The molecule has 0 radical (unpaired) electrons. The molecule has 2 aromatic rings. The summed E-state index contributed by atoms with van der Waals surface area (Å²) in [6.07, 6.45) is -0.366. The first-order valence-electron chi connectivity index (χ1n) is 6.70. The van der Waals surface area contributed by atoms with Crippen molar-refractivity contribution in [3.8, 4) is 0 Å². The van der Waals surface area contributed by atoms with Crippen LogP contribution in [0.5, 0.6) is 0 Å². The van der Waals surface area contributed by atoms with Crippen molar-refractivity contribution in [3.05, 3.63) is 27.8 Å². The fraction of sp³-hybridized carbons (Fsp3) is 0.385. The van der Waals surface area contributed by atoms with Gasteiger partial charge in [-0.2, -0.15) is 8.75 Å². The average Bonchev–Trinajstić information content (AvgIpc) is 2.92. The third kappa shape index (κ3) is 3.81. The van der Waals surface area contributed by atoms with Crippen LogP contribution < -0.4 is 5.32 Å². The predicted octanol–water partition coefficient (Wildman–Crippen LogP) is 1.21. The van der Waals surface area contributed by atoms with Crippen LogP contribution in [0.3, 0.4) is 0 Å². The summed E-state index contributed by atoms with van der Waals surface area (Å²) in [5.74, 6) is -1.77. The summed E-state index contributed by atoms with van der Waals surface area (Å²) in [4.78, 5) is 33.9. The first-order chi connectivity index (χ1) is 11.3. The minimum absolute atomic E-state index is 0.00498. The first kappa shape index (κ1) is 17.7. The van der Waals surface area contributed by atoms with Crippen LogP contribution in [0.1, 0.15) is 23.7 Å². The Kier molecular flexibility index (Phi) is 5.04. The van der Waals surface area contributed by atoms with E-state index in [9.17, 15) is 19.7 Å². The molecule has 0 fully saturated rings. The van der Waals surface area contributed by atoms with Crippen LogP contribution in [0, 0.1) is 10.1 Å². The molecule has 11 heteroatoms. The summed E-state index contributed by atoms with van der Waals surface area (Å²) in [6.45, 7) is 1.48. The maximum atomic E-state index is 12.4. The van der Waals surface area contributed by atoms with E-state index in [1.54, 1.807) is 0 Å². The Morgan fingerprint density at radius 3 is 2.75 bits per heavy atom. The van der Waals surface area contributed by atoms with Crippen LogP contribution >= 0.6 is 11.7 Å². The molecule has 1 amide bonds. The van der Waals surface area contributed by atoms with Gasteiger partial charge in [-0.3, -0.25) is 19.7 Å². The Morgan fingerprint density at radius 1 is 1.46 bits per heavy atom. The van der Waals surface area contributed by atoms with Crippen molar-refractivity contribution in [2.75, 3.05) is 13.7 Å². The molecular formula is C13H14N4O6S. The number of fused-ring (bicyclic) bond motifs is 1. The molecule has 1 atom stereocenters. The number of carboxylic acid groups (broad SMARTS) is 1. The van der Waals surface area contributed by atoms with Crippen molar-refractivity contribution in [2.45, 2.75) is 18.9 Å². The van der Waals surface area contributed by atoms with Crippen molar-refractivity contribution in [3.63, 3.8) is 0 Å². The number of amides is 1. The maximum absolute atomic E-state index is 12.4. The summed E-state index contributed by atoms with van der Waals surface area (Å²) in [7, 11) is 1.38. The Bertz CT molecular complexity index is 807. The number of nitrogens with zero attached hydrogens (tertiary/aromatic N) is 3. The number of nitro groups is 1. The van der Waals surface area contributed by atoms with E-state index in [0.717, 1.165) is 17.8 Å². The van der Waals surface area contributed by atoms with Gasteiger partial charge in [0.05, 0.1) is 35.2 Å². The zero-order valence-corrected chi connectivity index (χ0v) is 13.6. The normalized spacial score (nSPS) is 13.4. The highest BCUT2D eigenvalue weighted by Crippen LogP contribution is 2.26. The lowest BCUT2D eigenvalue weighted by atomic mass is 9.98. The van der Waals surface area contributed by atoms with E-state index in [0.29, 0.717) is 0 Å². The van der Waals surface area contributed by atoms with Crippen molar-refractivity contribution in [1.29, 1.82) is 0 Å². The summed E-state index contributed by atoms with van der Waals surface area (Å²) in [6, 6.07) is 2.46. The molecule has 0 aliphatic heterocycles. The van der Waals surface area contributed by atoms with Gasteiger partial charge in [0.15, 0.2) is 5.52 Å². The van der Waals surface area contributed by atoms with Gasteiger partial charge in [0.1, 0.15) is 5.52 Å². The first-order valence-corrected chi connectivity index (χ1v) is 7.43. The second kappa shape index (κ2) is 6.84. The molecule has 24 heavy (non-hydrogen) atoms. The molecule has 1 aromatic carbocycles. The highest BCUT2D eigenvalue weighted by Gasteiger charge is 2.31. The number of nitrogens with one attached hydrogen (secondary N) is 1. The second-order valence-electron chi connectivity index (χ2n) is 5.40. The summed E-state index contributed by atoms with van der Waals surface area (Å²) in [5, 5.41) is 22.7. The van der Waals surface area contributed by atoms with Crippen LogP contribution in [0.2, 0.25) is 0 Å². The second-order valence-corrected chi connectivity index (χ2v) is 5.93. The number of ether oxygens (including phenoxy) is 1. The fourth-order valence-corrected chi connectivity index (χ4v) is 2.81. The molecule has 0 saturated carbocycles. The molecular weight excluding hydrogens is 340 g/mol. The largest absolute Gasteiger partial charge is 0.481 e. The van der Waals surface area contributed by atoms with Crippen LogP contribution in [0.4, 0.5) is 5.69 Å². The summed E-state index contributed by atoms with van der Waals surface area (Å²) in [5.41, 5.74) is -1.17. The SMILES string of the molecule is COCC(C)(CC(=O)O)NC(=O)c1cc([N+](=O)[O-])c2nsnc2c1. The highest BCUT2D eigenvalue weighted by atomic mass is 32.1. The third-order valence-corrected chi connectivity index (χ3v) is 3.76. The number of aromatic nitrogens is 2. The molecule has 128 valence electrons. The maximum Gasteiger partial charge on any atom is 0.305 e. The van der Waals surface area contributed by atoms with Crippen molar-refractivity contribution in [2.24, 2.45) is 0 Å². The van der Waals surface area contributed by atoms with Gasteiger partial charge >= 0.3 is 5.97 Å². The smallest absolute Gasteiger partial charge is 0.305 e. The van der Waals surface area contributed by atoms with Gasteiger partial charge in [0.25, 0.3) is 11.6 Å². The average molecular weight is 354 g/mol. The molecule has 10 nitrogen and oxygen atoms in total. The highest BCUT2D eigenvalue weighted by molar-refractivity contribution is 7.00. The monoisotopic (exact) mass is 354 g/mol. The van der Waals surface area contributed by atoms with Gasteiger partial charge in [-0.05, 0) is 13.0 Å². The van der Waals surface area contributed by atoms with Crippen LogP contribution in [0.25, 0.3) is 11.0 Å². The van der Waals surface area contributed by atoms with Gasteiger partial charge in [-0.15, -0.1) is 0 Å². The van der Waals surface area contributed by atoms with E-state index in [-0.39, 0.29) is 35.3 Å². The van der Waals surface area contributed by atoms with E-state index in [1.807, 2.05) is 0 Å². The van der Waals surface area contributed by atoms with E-state index in [4.69, 9.17) is 9.84 Å². The number of non-ortho nitro benzene ring substituents is 1. The van der Waals surface area contributed by atoms with Crippen molar-refractivity contribution < 1.29 is 24.4 Å². The van der Waals surface area contributed by atoms with Crippen LogP contribution in [-0.2, 0) is 9.53 Å². The molecule has 1 aromatic heterocycles. The number of nitro benzene ring substituents is 1. The predicted molar refractivity (Wildman–Crippen MR) is 84.1 cm³/mol. The number of carbonyl (C=O) groups is 2. The van der Waals surface area contributed by atoms with Gasteiger partial charge < -0.3 is 15.2 Å². The molecule has 0 spiro atoms. The lowest BCUT2D eigenvalue weighted by Gasteiger charge is -2.28. The quantitative estimate of drug-likeness (QED) is 0.557. The van der Waals surface area contributed by atoms with Gasteiger partial charge in [-0.25, -0.2) is 0 Å². The van der Waals surface area contributed by atoms with Crippen molar-refractivity contribution in [1.82, 2.24) is 14.1 Å². The molecule has 2 N–H and O–H groups in total. The zero-order chi connectivity index (χ0) is 17.9. The standard InChI is InChI=1S/C13H14N4O6S/c1-13(6-23-2,5-10(18)19)14-12(20)7-3-8-11(16-24-15-8)9(4-7)17(21)22/h3-4H,5-6H2,1-2H3,(H,14,20)(H,18,19). The minimum Gasteiger partial charge on any atom is -0.481 e. The molecule has 1 unspecified atom stereocenters. The van der Waals surface area contributed by atoms with Crippen LogP contribution in [-0.4, -0.2) is 49.9 Å². The molecule has 0 aliphatic rings. The van der Waals surface area contributed by atoms with E-state index < -0.39 is 22.3 Å². The summed E-state index contributed by atoms with van der Waals surface area (Å²) < 4.78 is 12.7. The molecule has 2 rings (SSSR count). The summed E-state index contributed by atoms with van der Waals surface area (Å²) >= 11 is 0.801. The van der Waals surface area contributed by atoms with Gasteiger partial charge in [-0.1, -0.05) is 0 Å². The third-order valence-electron chi connectivity index (χ3n) is 3.22. The van der Waals surface area contributed by atoms with E-state index in [1.165, 1.54) is 20.1 Å². The number of hydrogen-bond acceptors (Lipinski definition) is 8. The number of rotatable bonds is 7. The lowest BCUT2D eigenvalue weighted by molar-refractivity contribution is -0.383. The number of carboxylic acids is 1. The zero-order valence-electron chi connectivity index (χ0n) is 12.8. The Balaban J connectivity index is 2.36. The molecule has 0 saturated heterocycles. The van der Waals surface area contributed by atoms with E-state index >= 15 is 0 Å². The number of benzene rings is 1. The number of aliphatic carboxylic acids is 1. The van der Waals surface area contributed by atoms with Crippen LogP contribution in [0.15, 0.2) is 12.1 Å². The number of carbonyl (C=O) groups excluding carboxylic acids is 1. The van der Waals surface area contributed by atoms with Crippen molar-refractivity contribution >= 4 is 40.3 Å². The van der Waals surface area contributed by atoms with Gasteiger partial charge in [0, 0.05) is 18.7 Å². The fourth-order valence-electron chi connectivity index (χ4n) is 2.27. The Labute approximate surface area is 139 Å². The molecule has 1 heterocycles. The number of methoxy groups -OCH3 is 1. The lowest BCUT2D eigenvalue weighted by Crippen LogP contribution is -2.50. The topological polar surface area (TPSA) is 145 Å². The minimum atomic E-state index is -1.16. The van der Waals surface area contributed by atoms with Gasteiger partial charge in [0.2, 0.25) is 0 Å². The molecule has 0 bridgehead atoms.